The van der Waals surface area contributed by atoms with Crippen LogP contribution in [0.15, 0.2) is 60.8 Å². The maximum atomic E-state index is 11.1. The van der Waals surface area contributed by atoms with E-state index in [0.29, 0.717) is 6.54 Å². The number of hydrogen-bond donors (Lipinski definition) is 2. The van der Waals surface area contributed by atoms with Crippen molar-refractivity contribution in [2.75, 3.05) is 26.3 Å². The molecule has 1 aromatic heterocycles. The Bertz CT molecular complexity index is 1050. The van der Waals surface area contributed by atoms with Crippen molar-refractivity contribution in [2.45, 2.75) is 13.1 Å². The molecule has 0 aliphatic carbocycles. The number of amides is 1. The SMILES string of the molecule is Cl.O=C(C=Cc1cccc(Cn2cc(-c3ccc(CN4CCOCC4)cc3)nn2)c1)NO. The van der Waals surface area contributed by atoms with E-state index in [1.54, 1.807) is 16.2 Å². The van der Waals surface area contributed by atoms with Crippen LogP contribution in [0.1, 0.15) is 16.7 Å². The molecule has 3 aromatic rings. The Morgan fingerprint density at radius 1 is 1.09 bits per heavy atom. The van der Waals surface area contributed by atoms with Crippen LogP contribution in [-0.2, 0) is 22.6 Å². The first kappa shape index (κ1) is 23.6. The van der Waals surface area contributed by atoms with Gasteiger partial charge < -0.3 is 4.74 Å². The van der Waals surface area contributed by atoms with Crippen molar-refractivity contribution < 1.29 is 14.7 Å². The van der Waals surface area contributed by atoms with Crippen LogP contribution in [0.25, 0.3) is 17.3 Å². The lowest BCUT2D eigenvalue weighted by Crippen LogP contribution is -2.35. The van der Waals surface area contributed by atoms with E-state index in [1.807, 2.05) is 30.5 Å². The van der Waals surface area contributed by atoms with Crippen molar-refractivity contribution in [3.63, 3.8) is 0 Å². The van der Waals surface area contributed by atoms with E-state index in [-0.39, 0.29) is 12.4 Å². The number of carbonyl (C=O) groups excluding carboxylic acids is 1. The summed E-state index contributed by atoms with van der Waals surface area (Å²) in [7, 11) is 0. The number of aromatic nitrogens is 3. The van der Waals surface area contributed by atoms with E-state index in [1.165, 1.54) is 11.6 Å². The molecule has 1 aliphatic rings. The second kappa shape index (κ2) is 11.5. The van der Waals surface area contributed by atoms with Crippen LogP contribution >= 0.6 is 12.4 Å². The van der Waals surface area contributed by atoms with Crippen molar-refractivity contribution in [1.29, 1.82) is 0 Å². The van der Waals surface area contributed by atoms with Gasteiger partial charge in [-0.1, -0.05) is 47.7 Å². The third kappa shape index (κ3) is 6.48. The average molecular weight is 456 g/mol. The first-order valence-corrected chi connectivity index (χ1v) is 10.2. The molecule has 1 saturated heterocycles. The third-order valence-electron chi connectivity index (χ3n) is 5.13. The molecule has 0 spiro atoms. The smallest absolute Gasteiger partial charge is 0.267 e. The van der Waals surface area contributed by atoms with Crippen molar-refractivity contribution in [2.24, 2.45) is 0 Å². The Kier molecular flexibility index (Phi) is 8.52. The van der Waals surface area contributed by atoms with Crippen LogP contribution in [0.3, 0.4) is 0 Å². The summed E-state index contributed by atoms with van der Waals surface area (Å²) in [6.07, 6.45) is 4.84. The number of nitrogens with one attached hydrogen (secondary N) is 1. The second-order valence-electron chi connectivity index (χ2n) is 7.44. The molecule has 2 aromatic carbocycles. The normalized spacial score (nSPS) is 14.3. The topological polar surface area (TPSA) is 92.5 Å². The first-order chi connectivity index (χ1) is 15.2. The van der Waals surface area contributed by atoms with Crippen LogP contribution in [0.2, 0.25) is 0 Å². The van der Waals surface area contributed by atoms with Gasteiger partial charge in [-0.15, -0.1) is 17.5 Å². The molecule has 1 amide bonds. The summed E-state index contributed by atoms with van der Waals surface area (Å²) in [4.78, 5) is 13.5. The van der Waals surface area contributed by atoms with Gasteiger partial charge in [0, 0.05) is 31.3 Å². The number of rotatable bonds is 7. The highest BCUT2D eigenvalue weighted by molar-refractivity contribution is 5.90. The van der Waals surface area contributed by atoms with Crippen LogP contribution in [0.4, 0.5) is 0 Å². The molecule has 2 heterocycles. The average Bonchev–Trinajstić information content (AvgIpc) is 3.27. The Labute approximate surface area is 192 Å². The predicted molar refractivity (Wildman–Crippen MR) is 123 cm³/mol. The van der Waals surface area contributed by atoms with Gasteiger partial charge in [0.2, 0.25) is 0 Å². The summed E-state index contributed by atoms with van der Waals surface area (Å²) >= 11 is 0. The standard InChI is InChI=1S/C23H25N5O3.ClH/c29-23(25-30)9-6-18-2-1-3-20(14-18)16-28-17-22(24-26-28)21-7-4-19(5-8-21)15-27-10-12-31-13-11-27;/h1-9,14,17,30H,10-13,15-16H2,(H,25,29);1H. The summed E-state index contributed by atoms with van der Waals surface area (Å²) in [6.45, 7) is 5.05. The van der Waals surface area contributed by atoms with Crippen LogP contribution < -0.4 is 5.48 Å². The van der Waals surface area contributed by atoms with E-state index < -0.39 is 5.91 Å². The van der Waals surface area contributed by atoms with E-state index in [2.05, 4.69) is 39.5 Å². The van der Waals surface area contributed by atoms with Crippen LogP contribution in [0, 0.1) is 0 Å². The number of nitrogens with zero attached hydrogens (tertiary/aromatic N) is 4. The molecule has 0 unspecified atom stereocenters. The van der Waals surface area contributed by atoms with E-state index in [9.17, 15) is 4.79 Å². The fourth-order valence-electron chi connectivity index (χ4n) is 3.50. The van der Waals surface area contributed by atoms with E-state index in [4.69, 9.17) is 9.94 Å². The fraction of sp³-hybridized carbons (Fsp3) is 0.261. The number of halogens is 1. The largest absolute Gasteiger partial charge is 0.379 e. The molecule has 0 bridgehead atoms. The summed E-state index contributed by atoms with van der Waals surface area (Å²) in [5.41, 5.74) is 6.60. The lowest BCUT2D eigenvalue weighted by Gasteiger charge is -2.26. The summed E-state index contributed by atoms with van der Waals surface area (Å²) in [5, 5.41) is 17.1. The molecule has 4 rings (SSSR count). The molecule has 32 heavy (non-hydrogen) atoms. The van der Waals surface area contributed by atoms with E-state index >= 15 is 0 Å². The lowest BCUT2D eigenvalue weighted by atomic mass is 10.1. The highest BCUT2D eigenvalue weighted by atomic mass is 35.5. The number of ether oxygens (including phenoxy) is 1. The Morgan fingerprint density at radius 2 is 1.88 bits per heavy atom. The Morgan fingerprint density at radius 3 is 2.62 bits per heavy atom. The van der Waals surface area contributed by atoms with Crippen LogP contribution in [-0.4, -0.2) is 57.3 Å². The lowest BCUT2D eigenvalue weighted by molar-refractivity contribution is -0.124. The summed E-state index contributed by atoms with van der Waals surface area (Å²) in [5.74, 6) is -0.567. The molecule has 0 saturated carbocycles. The van der Waals surface area contributed by atoms with Gasteiger partial charge in [0.1, 0.15) is 5.69 Å². The monoisotopic (exact) mass is 455 g/mol. The number of morpholine rings is 1. The van der Waals surface area contributed by atoms with Gasteiger partial charge in [0.15, 0.2) is 0 Å². The molecular formula is C23H26ClN5O3. The first-order valence-electron chi connectivity index (χ1n) is 10.2. The maximum absolute atomic E-state index is 11.1. The molecule has 0 atom stereocenters. The molecule has 1 fully saturated rings. The quantitative estimate of drug-likeness (QED) is 0.323. The number of hydrogen-bond acceptors (Lipinski definition) is 6. The minimum atomic E-state index is -0.567. The summed E-state index contributed by atoms with van der Waals surface area (Å²) in [6, 6.07) is 16.2. The van der Waals surface area contributed by atoms with E-state index in [0.717, 1.165) is 55.2 Å². The third-order valence-corrected chi connectivity index (χ3v) is 5.13. The molecule has 0 radical (unpaired) electrons. The van der Waals surface area contributed by atoms with Crippen molar-refractivity contribution in [3.05, 3.63) is 77.5 Å². The Balaban J connectivity index is 0.00000289. The van der Waals surface area contributed by atoms with Gasteiger partial charge in [-0.3, -0.25) is 14.9 Å². The molecule has 9 heteroatoms. The highest BCUT2D eigenvalue weighted by Crippen LogP contribution is 2.18. The second-order valence-corrected chi connectivity index (χ2v) is 7.44. The van der Waals surface area contributed by atoms with Crippen molar-refractivity contribution in [1.82, 2.24) is 25.4 Å². The molecule has 1 aliphatic heterocycles. The Hall–Kier alpha value is -3.04. The van der Waals surface area contributed by atoms with Crippen molar-refractivity contribution >= 4 is 24.4 Å². The summed E-state index contributed by atoms with van der Waals surface area (Å²) < 4.78 is 7.20. The van der Waals surface area contributed by atoms with Gasteiger partial charge in [0.05, 0.1) is 26.0 Å². The minimum absolute atomic E-state index is 0. The predicted octanol–water partition coefficient (Wildman–Crippen LogP) is 2.77. The van der Waals surface area contributed by atoms with Gasteiger partial charge >= 0.3 is 0 Å². The zero-order valence-electron chi connectivity index (χ0n) is 17.6. The zero-order valence-corrected chi connectivity index (χ0v) is 18.4. The number of carbonyl (C=O) groups is 1. The van der Waals surface area contributed by atoms with Crippen molar-refractivity contribution in [3.8, 4) is 11.3 Å². The number of benzene rings is 2. The van der Waals surface area contributed by atoms with Gasteiger partial charge in [-0.05, 0) is 28.8 Å². The van der Waals surface area contributed by atoms with Crippen LogP contribution in [0.5, 0.6) is 0 Å². The molecule has 2 N–H and O–H groups in total. The molecule has 168 valence electrons. The highest BCUT2D eigenvalue weighted by Gasteiger charge is 2.11. The fourth-order valence-corrected chi connectivity index (χ4v) is 3.50. The molecule has 8 nitrogen and oxygen atoms in total. The maximum Gasteiger partial charge on any atom is 0.267 e. The van der Waals surface area contributed by atoms with Gasteiger partial charge in [0.25, 0.3) is 5.91 Å². The van der Waals surface area contributed by atoms with Gasteiger partial charge in [-0.2, -0.15) is 0 Å². The van der Waals surface area contributed by atoms with Gasteiger partial charge in [-0.25, -0.2) is 10.2 Å². The number of hydroxylamine groups is 1. The zero-order chi connectivity index (χ0) is 21.5. The molecular weight excluding hydrogens is 430 g/mol. The minimum Gasteiger partial charge on any atom is -0.379 e.